The Hall–Kier alpha value is -3.98. The maximum absolute atomic E-state index is 12.5. The highest BCUT2D eigenvalue weighted by molar-refractivity contribution is 7.38. The second-order valence-corrected chi connectivity index (χ2v) is 13.7. The second kappa shape index (κ2) is 15.5. The Morgan fingerprint density at radius 1 is 0.854 bits per heavy atom. The van der Waals surface area contributed by atoms with E-state index in [1.165, 1.54) is 23.3 Å². The minimum Gasteiger partial charge on any atom is -0.489 e. The summed E-state index contributed by atoms with van der Waals surface area (Å²) >= 11 is 0. The Bertz CT molecular complexity index is 1690. The van der Waals surface area contributed by atoms with Crippen molar-refractivity contribution in [2.24, 2.45) is 5.92 Å². The van der Waals surface area contributed by atoms with Crippen LogP contribution < -0.4 is 20.1 Å². The van der Waals surface area contributed by atoms with E-state index in [1.807, 2.05) is 43.3 Å². The standard InChI is InChI=1S/C37H41F3N3O4P/c1-2-46-48(44)25-29-7-5-6-28(20-29)24-45-35-9-4-3-8-31(35)21-26-16-18-43(19-17-26)23-27-10-15-33-34(22-27)42-36(41-33)30-11-13-32(14-12-30)47-37(38,39)40/h3-15,20,22,26,36,41-42,48H,2,16-19,21,23-25H2,1H3. The minimum atomic E-state index is -4.71. The van der Waals surface area contributed by atoms with E-state index in [9.17, 15) is 17.7 Å². The summed E-state index contributed by atoms with van der Waals surface area (Å²) in [5.41, 5.74) is 7.24. The summed E-state index contributed by atoms with van der Waals surface area (Å²) in [6.45, 7) is 5.65. The summed E-state index contributed by atoms with van der Waals surface area (Å²) < 4.78 is 65.2. The molecular formula is C37H41F3N3O4P. The molecule has 6 rings (SSSR count). The van der Waals surface area contributed by atoms with E-state index in [2.05, 4.69) is 50.6 Å². The molecule has 2 unspecified atom stereocenters. The van der Waals surface area contributed by atoms with Crippen molar-refractivity contribution in [3.8, 4) is 11.5 Å². The smallest absolute Gasteiger partial charge is 0.489 e. The highest BCUT2D eigenvalue weighted by atomic mass is 31.1. The molecule has 254 valence electrons. The van der Waals surface area contributed by atoms with Crippen LogP contribution in [-0.4, -0.2) is 31.0 Å². The number of rotatable bonds is 13. The molecule has 0 radical (unpaired) electrons. The SMILES string of the molecule is CCO[PH](=O)Cc1cccc(COc2ccccc2CC2CCN(Cc3ccc4c(c3)NC(c3ccc(OC(F)(F)F)cc3)N4)CC2)c1. The molecule has 4 aromatic carbocycles. The van der Waals surface area contributed by atoms with E-state index >= 15 is 0 Å². The molecule has 0 spiro atoms. The normalized spacial score (nSPS) is 17.3. The Balaban J connectivity index is 0.977. The third kappa shape index (κ3) is 9.34. The van der Waals surface area contributed by atoms with Crippen molar-refractivity contribution in [2.45, 2.75) is 58.0 Å². The van der Waals surface area contributed by atoms with Crippen molar-refractivity contribution < 1.29 is 31.7 Å². The number of halogens is 3. The number of likely N-dealkylation sites (tertiary alicyclic amines) is 1. The van der Waals surface area contributed by atoms with E-state index < -0.39 is 14.4 Å². The number of nitrogens with zero attached hydrogens (tertiary/aromatic N) is 1. The number of fused-ring (bicyclic) bond motifs is 1. The lowest BCUT2D eigenvalue weighted by Crippen LogP contribution is -2.33. The predicted octanol–water partition coefficient (Wildman–Crippen LogP) is 9.17. The Labute approximate surface area is 280 Å². The summed E-state index contributed by atoms with van der Waals surface area (Å²) in [6, 6.07) is 28.6. The summed E-state index contributed by atoms with van der Waals surface area (Å²) in [5, 5.41) is 6.85. The molecule has 4 aromatic rings. The molecular weight excluding hydrogens is 638 g/mol. The van der Waals surface area contributed by atoms with Crippen LogP contribution >= 0.6 is 8.03 Å². The molecule has 0 bridgehead atoms. The molecule has 2 heterocycles. The summed E-state index contributed by atoms with van der Waals surface area (Å²) in [6.07, 6.45) is -1.32. The van der Waals surface area contributed by atoms with Crippen LogP contribution in [0.5, 0.6) is 11.5 Å². The summed E-state index contributed by atoms with van der Waals surface area (Å²) in [7, 11) is -2.07. The molecule has 0 aromatic heterocycles. The van der Waals surface area contributed by atoms with Crippen LogP contribution in [0, 0.1) is 5.92 Å². The monoisotopic (exact) mass is 679 g/mol. The summed E-state index contributed by atoms with van der Waals surface area (Å²) in [4.78, 5) is 2.49. The van der Waals surface area contributed by atoms with Crippen LogP contribution in [-0.2, 0) is 34.8 Å². The van der Waals surface area contributed by atoms with Crippen LogP contribution in [0.1, 0.15) is 53.7 Å². The van der Waals surface area contributed by atoms with E-state index in [1.54, 1.807) is 12.1 Å². The number of para-hydroxylation sites is 1. The quantitative estimate of drug-likeness (QED) is 0.137. The first-order chi connectivity index (χ1) is 23.2. The van der Waals surface area contributed by atoms with Gasteiger partial charge in [0.05, 0.1) is 18.0 Å². The first-order valence-corrected chi connectivity index (χ1v) is 17.9. The number of alkyl halides is 3. The van der Waals surface area contributed by atoms with Crippen LogP contribution in [0.3, 0.4) is 0 Å². The van der Waals surface area contributed by atoms with Crippen LogP contribution in [0.4, 0.5) is 24.5 Å². The van der Waals surface area contributed by atoms with Gasteiger partial charge >= 0.3 is 6.36 Å². The topological polar surface area (TPSA) is 72.1 Å². The zero-order chi connectivity index (χ0) is 33.5. The lowest BCUT2D eigenvalue weighted by Gasteiger charge is -2.32. The van der Waals surface area contributed by atoms with Gasteiger partial charge in [-0.2, -0.15) is 0 Å². The number of hydrogen-bond donors (Lipinski definition) is 2. The Kier molecular flexibility index (Phi) is 10.9. The van der Waals surface area contributed by atoms with Crippen LogP contribution in [0.15, 0.2) is 91.0 Å². The van der Waals surface area contributed by atoms with Crippen molar-refractivity contribution in [1.82, 2.24) is 4.90 Å². The van der Waals surface area contributed by atoms with Crippen molar-refractivity contribution in [1.29, 1.82) is 0 Å². The average Bonchev–Trinajstić information content (AvgIpc) is 3.49. The van der Waals surface area contributed by atoms with Gasteiger partial charge in [0.25, 0.3) is 0 Å². The van der Waals surface area contributed by atoms with Gasteiger partial charge in [0.15, 0.2) is 8.03 Å². The first kappa shape index (κ1) is 33.9. The molecule has 48 heavy (non-hydrogen) atoms. The van der Waals surface area contributed by atoms with Crippen molar-refractivity contribution in [3.05, 3.63) is 119 Å². The fourth-order valence-electron chi connectivity index (χ4n) is 6.41. The second-order valence-electron chi connectivity index (χ2n) is 12.3. The van der Waals surface area contributed by atoms with Gasteiger partial charge in [-0.3, -0.25) is 9.46 Å². The molecule has 1 fully saturated rings. The van der Waals surface area contributed by atoms with Gasteiger partial charge < -0.3 is 24.6 Å². The van der Waals surface area contributed by atoms with Crippen LogP contribution in [0.2, 0.25) is 0 Å². The molecule has 0 amide bonds. The van der Waals surface area contributed by atoms with E-state index in [-0.39, 0.29) is 11.9 Å². The number of nitrogens with one attached hydrogen (secondary N) is 2. The fourth-order valence-corrected chi connectivity index (χ4v) is 7.39. The van der Waals surface area contributed by atoms with Gasteiger partial charge in [0, 0.05) is 12.7 Å². The van der Waals surface area contributed by atoms with Gasteiger partial charge in [-0.1, -0.05) is 60.7 Å². The number of benzene rings is 4. The maximum atomic E-state index is 12.5. The minimum absolute atomic E-state index is 0.235. The van der Waals surface area contributed by atoms with Gasteiger partial charge in [-0.25, -0.2) is 0 Å². The highest BCUT2D eigenvalue weighted by Crippen LogP contribution is 2.37. The highest BCUT2D eigenvalue weighted by Gasteiger charge is 2.31. The third-order valence-electron chi connectivity index (χ3n) is 8.76. The van der Waals surface area contributed by atoms with Gasteiger partial charge in [0.2, 0.25) is 0 Å². The first-order valence-electron chi connectivity index (χ1n) is 16.4. The Morgan fingerprint density at radius 3 is 2.38 bits per heavy atom. The largest absolute Gasteiger partial charge is 0.573 e. The molecule has 2 N–H and O–H groups in total. The molecule has 2 atom stereocenters. The average molecular weight is 680 g/mol. The molecule has 1 saturated heterocycles. The maximum Gasteiger partial charge on any atom is 0.573 e. The van der Waals surface area contributed by atoms with Gasteiger partial charge in [-0.05, 0) is 103 Å². The Morgan fingerprint density at radius 2 is 1.60 bits per heavy atom. The molecule has 7 nitrogen and oxygen atoms in total. The lowest BCUT2D eigenvalue weighted by molar-refractivity contribution is -0.274. The van der Waals surface area contributed by atoms with E-state index in [4.69, 9.17) is 9.26 Å². The molecule has 0 aliphatic carbocycles. The van der Waals surface area contributed by atoms with Crippen molar-refractivity contribution in [2.75, 3.05) is 30.3 Å². The molecule has 0 saturated carbocycles. The van der Waals surface area contributed by atoms with E-state index in [0.29, 0.717) is 25.3 Å². The van der Waals surface area contributed by atoms with E-state index in [0.717, 1.165) is 72.7 Å². The predicted molar refractivity (Wildman–Crippen MR) is 183 cm³/mol. The van der Waals surface area contributed by atoms with Crippen molar-refractivity contribution in [3.63, 3.8) is 0 Å². The number of hydrogen-bond acceptors (Lipinski definition) is 7. The molecule has 11 heteroatoms. The molecule has 2 aliphatic rings. The van der Waals surface area contributed by atoms with Gasteiger partial charge in [0.1, 0.15) is 24.3 Å². The summed E-state index contributed by atoms with van der Waals surface area (Å²) in [5.74, 6) is 1.25. The number of piperidine rings is 1. The zero-order valence-corrected chi connectivity index (χ0v) is 27.9. The third-order valence-corrected chi connectivity index (χ3v) is 10.1. The van der Waals surface area contributed by atoms with Gasteiger partial charge in [-0.15, -0.1) is 13.2 Å². The lowest BCUT2D eigenvalue weighted by atomic mass is 9.89. The number of ether oxygens (including phenoxy) is 2. The van der Waals surface area contributed by atoms with Crippen molar-refractivity contribution >= 4 is 19.4 Å². The zero-order valence-electron chi connectivity index (χ0n) is 26.9. The van der Waals surface area contributed by atoms with Crippen LogP contribution in [0.25, 0.3) is 0 Å². The fraction of sp³-hybridized carbons (Fsp3) is 0.351. The molecule has 2 aliphatic heterocycles. The number of anilines is 2.